The van der Waals surface area contributed by atoms with Gasteiger partial charge in [0.1, 0.15) is 17.5 Å². The molecular weight excluding hydrogens is 264 g/mol. The van der Waals surface area contributed by atoms with Crippen LogP contribution in [0.2, 0.25) is 0 Å². The second kappa shape index (κ2) is 4.87. The van der Waals surface area contributed by atoms with E-state index in [1.807, 2.05) is 32.0 Å². The summed E-state index contributed by atoms with van der Waals surface area (Å²) >= 11 is 0. The van der Waals surface area contributed by atoms with Gasteiger partial charge in [-0.15, -0.1) is 0 Å². The number of aromatic nitrogens is 1. The smallest absolute Gasteiger partial charge is 0.130 e. The average Bonchev–Trinajstić information content (AvgIpc) is 2.49. The summed E-state index contributed by atoms with van der Waals surface area (Å²) in [6.07, 6.45) is 0.965. The van der Waals surface area contributed by atoms with Gasteiger partial charge in [0, 0.05) is 11.8 Å². The number of pyridine rings is 1. The number of rotatable bonds is 1. The van der Waals surface area contributed by atoms with Crippen molar-refractivity contribution in [3.05, 3.63) is 59.4 Å². The van der Waals surface area contributed by atoms with E-state index in [2.05, 4.69) is 11.1 Å². The third-order valence-electron chi connectivity index (χ3n) is 3.88. The van der Waals surface area contributed by atoms with E-state index in [1.165, 1.54) is 0 Å². The molecule has 0 bridgehead atoms. The predicted molar refractivity (Wildman–Crippen MR) is 78.0 cm³/mol. The number of hydrogen-bond donors (Lipinski definition) is 1. The highest BCUT2D eigenvalue weighted by atomic mass is 16.5. The fraction of sp³-hybridized carbons (Fsp3) is 0.294. The molecule has 2 atom stereocenters. The minimum absolute atomic E-state index is 0.307. The van der Waals surface area contributed by atoms with E-state index in [0.29, 0.717) is 11.3 Å². The van der Waals surface area contributed by atoms with Crippen molar-refractivity contribution in [2.24, 2.45) is 0 Å². The van der Waals surface area contributed by atoms with Crippen LogP contribution in [0.1, 0.15) is 36.6 Å². The molecule has 21 heavy (non-hydrogen) atoms. The van der Waals surface area contributed by atoms with E-state index < -0.39 is 11.7 Å². The zero-order valence-electron chi connectivity index (χ0n) is 11.9. The van der Waals surface area contributed by atoms with Crippen LogP contribution in [0, 0.1) is 11.3 Å². The molecule has 1 aliphatic heterocycles. The molecular formula is C17H16N2O2. The third kappa shape index (κ3) is 2.26. The lowest BCUT2D eigenvalue weighted by Crippen LogP contribution is -2.49. The molecule has 3 rings (SSSR count). The van der Waals surface area contributed by atoms with Gasteiger partial charge in [-0.05, 0) is 44.2 Å². The Hall–Kier alpha value is -2.38. The van der Waals surface area contributed by atoms with Gasteiger partial charge >= 0.3 is 0 Å². The van der Waals surface area contributed by atoms with Gasteiger partial charge in [0.2, 0.25) is 0 Å². The maximum atomic E-state index is 10.7. The van der Waals surface area contributed by atoms with Gasteiger partial charge in [0.05, 0.1) is 23.2 Å². The van der Waals surface area contributed by atoms with Gasteiger partial charge in [-0.1, -0.05) is 6.07 Å². The summed E-state index contributed by atoms with van der Waals surface area (Å²) in [5.74, 6) is 0.387. The minimum atomic E-state index is -0.742. The highest BCUT2D eigenvalue weighted by molar-refractivity contribution is 5.49. The number of aliphatic hydroxyl groups excluding tert-OH is 1. The minimum Gasteiger partial charge on any atom is -0.485 e. The molecule has 1 N–H and O–H groups in total. The molecule has 0 saturated heterocycles. The molecule has 2 unspecified atom stereocenters. The Morgan fingerprint density at radius 2 is 2.10 bits per heavy atom. The van der Waals surface area contributed by atoms with Crippen molar-refractivity contribution in [2.45, 2.75) is 31.5 Å². The van der Waals surface area contributed by atoms with Gasteiger partial charge < -0.3 is 9.84 Å². The standard InChI is InChI=1S/C17H16N2O2/c1-17(2)16(20)15(13-5-3-4-8-19-13)12-9-11(10-18)6-7-14(12)21-17/h3-9,15-16,20H,1-2H3. The topological polar surface area (TPSA) is 66.1 Å². The second-order valence-corrected chi connectivity index (χ2v) is 5.75. The zero-order chi connectivity index (χ0) is 15.0. The number of aliphatic hydroxyl groups is 1. The van der Waals surface area contributed by atoms with E-state index in [4.69, 9.17) is 10.00 Å². The molecule has 1 aliphatic rings. The van der Waals surface area contributed by atoms with Crippen molar-refractivity contribution in [1.29, 1.82) is 5.26 Å². The van der Waals surface area contributed by atoms with Crippen LogP contribution in [-0.2, 0) is 0 Å². The maximum Gasteiger partial charge on any atom is 0.130 e. The van der Waals surface area contributed by atoms with Crippen LogP contribution in [0.15, 0.2) is 42.6 Å². The van der Waals surface area contributed by atoms with Crippen LogP contribution in [0.3, 0.4) is 0 Å². The Morgan fingerprint density at radius 3 is 2.76 bits per heavy atom. The SMILES string of the molecule is CC1(C)Oc2ccc(C#N)cc2C(c2ccccn2)C1O. The summed E-state index contributed by atoms with van der Waals surface area (Å²) < 4.78 is 5.90. The molecule has 0 amide bonds. The zero-order valence-corrected chi connectivity index (χ0v) is 11.9. The Kier molecular flexibility index (Phi) is 3.15. The summed E-state index contributed by atoms with van der Waals surface area (Å²) in [5, 5.41) is 19.8. The molecule has 0 radical (unpaired) electrons. The number of hydrogen-bond acceptors (Lipinski definition) is 4. The number of benzene rings is 1. The first kappa shape index (κ1) is 13.6. The van der Waals surface area contributed by atoms with E-state index in [0.717, 1.165) is 11.3 Å². The number of ether oxygens (including phenoxy) is 1. The molecule has 4 heteroatoms. The first-order valence-electron chi connectivity index (χ1n) is 6.85. The largest absolute Gasteiger partial charge is 0.485 e. The summed E-state index contributed by atoms with van der Waals surface area (Å²) in [4.78, 5) is 4.37. The molecule has 0 saturated carbocycles. The molecule has 0 fully saturated rings. The van der Waals surface area contributed by atoms with Crippen molar-refractivity contribution in [3.8, 4) is 11.8 Å². The molecule has 4 nitrogen and oxygen atoms in total. The predicted octanol–water partition coefficient (Wildman–Crippen LogP) is 2.62. The third-order valence-corrected chi connectivity index (χ3v) is 3.88. The van der Waals surface area contributed by atoms with Gasteiger partial charge in [-0.3, -0.25) is 4.98 Å². The average molecular weight is 280 g/mol. The van der Waals surface area contributed by atoms with Crippen molar-refractivity contribution in [2.75, 3.05) is 0 Å². The Labute approximate surface area is 123 Å². The number of fused-ring (bicyclic) bond motifs is 1. The Morgan fingerprint density at radius 1 is 1.29 bits per heavy atom. The van der Waals surface area contributed by atoms with Gasteiger partial charge in [0.25, 0.3) is 0 Å². The number of nitrogens with zero attached hydrogens (tertiary/aromatic N) is 2. The van der Waals surface area contributed by atoms with Crippen LogP contribution >= 0.6 is 0 Å². The van der Waals surface area contributed by atoms with Crippen LogP contribution in [0.5, 0.6) is 5.75 Å². The highest BCUT2D eigenvalue weighted by Gasteiger charge is 2.44. The fourth-order valence-electron chi connectivity index (χ4n) is 2.75. The van der Waals surface area contributed by atoms with Gasteiger partial charge in [0.15, 0.2) is 0 Å². The monoisotopic (exact) mass is 280 g/mol. The van der Waals surface area contributed by atoms with E-state index in [-0.39, 0.29) is 5.92 Å². The first-order valence-corrected chi connectivity index (χ1v) is 6.85. The molecule has 2 heterocycles. The summed E-state index contributed by atoms with van der Waals surface area (Å²) in [7, 11) is 0. The summed E-state index contributed by atoms with van der Waals surface area (Å²) in [5.41, 5.74) is 1.41. The van der Waals surface area contributed by atoms with Crippen LogP contribution < -0.4 is 4.74 Å². The van der Waals surface area contributed by atoms with E-state index in [9.17, 15) is 5.11 Å². The lowest BCUT2D eigenvalue weighted by Gasteiger charge is -2.42. The molecule has 0 aliphatic carbocycles. The van der Waals surface area contributed by atoms with Crippen molar-refractivity contribution in [3.63, 3.8) is 0 Å². The van der Waals surface area contributed by atoms with Crippen molar-refractivity contribution < 1.29 is 9.84 Å². The normalized spacial score (nSPS) is 22.8. The Bertz CT molecular complexity index is 704. The van der Waals surface area contributed by atoms with E-state index in [1.54, 1.807) is 24.4 Å². The van der Waals surface area contributed by atoms with Gasteiger partial charge in [-0.2, -0.15) is 5.26 Å². The van der Waals surface area contributed by atoms with Crippen LogP contribution in [0.4, 0.5) is 0 Å². The lowest BCUT2D eigenvalue weighted by atomic mass is 9.79. The molecule has 0 spiro atoms. The fourth-order valence-corrected chi connectivity index (χ4v) is 2.75. The summed E-state index contributed by atoms with van der Waals surface area (Å²) in [6, 6.07) is 13.0. The molecule has 2 aromatic rings. The number of nitriles is 1. The molecule has 106 valence electrons. The van der Waals surface area contributed by atoms with Crippen LogP contribution in [0.25, 0.3) is 0 Å². The van der Waals surface area contributed by atoms with Gasteiger partial charge in [-0.25, -0.2) is 0 Å². The van der Waals surface area contributed by atoms with Crippen LogP contribution in [-0.4, -0.2) is 21.8 Å². The quantitative estimate of drug-likeness (QED) is 0.872. The molecule has 1 aromatic heterocycles. The Balaban J connectivity index is 2.20. The maximum absolute atomic E-state index is 10.7. The molecule has 1 aromatic carbocycles. The summed E-state index contributed by atoms with van der Waals surface area (Å²) in [6.45, 7) is 3.71. The first-order chi connectivity index (χ1) is 10.0. The van der Waals surface area contributed by atoms with Crippen molar-refractivity contribution in [1.82, 2.24) is 4.98 Å². The van der Waals surface area contributed by atoms with E-state index >= 15 is 0 Å². The lowest BCUT2D eigenvalue weighted by molar-refractivity contribution is -0.0518. The highest BCUT2D eigenvalue weighted by Crippen LogP contribution is 2.44. The van der Waals surface area contributed by atoms with Crippen molar-refractivity contribution >= 4 is 0 Å². The second-order valence-electron chi connectivity index (χ2n) is 5.75.